The number of carbonyl (C=O) groups is 3. The molecule has 11 nitrogen and oxygen atoms in total. The molecule has 0 saturated carbocycles. The van der Waals surface area contributed by atoms with Crippen molar-refractivity contribution in [1.29, 1.82) is 0 Å². The number of aliphatic hydroxyl groups excluding tert-OH is 1. The fourth-order valence-corrected chi connectivity index (χ4v) is 7.53. The molecule has 0 unspecified atom stereocenters. The van der Waals surface area contributed by atoms with Gasteiger partial charge in [-0.2, -0.15) is 0 Å². The van der Waals surface area contributed by atoms with Crippen LogP contribution in [0.25, 0.3) is 11.1 Å². The molecule has 6 rings (SSSR count). The van der Waals surface area contributed by atoms with Crippen molar-refractivity contribution in [3.05, 3.63) is 119 Å². The van der Waals surface area contributed by atoms with Gasteiger partial charge in [-0.05, 0) is 99.0 Å². The van der Waals surface area contributed by atoms with E-state index in [9.17, 15) is 19.5 Å². The second-order valence-electron chi connectivity index (χ2n) is 16.3. The molecule has 58 heavy (non-hydrogen) atoms. The van der Waals surface area contributed by atoms with E-state index in [1.54, 1.807) is 12.1 Å². The summed E-state index contributed by atoms with van der Waals surface area (Å²) in [6, 6.07) is 31.0. The Bertz CT molecular complexity index is 1980. The predicted molar refractivity (Wildman–Crippen MR) is 225 cm³/mol. The van der Waals surface area contributed by atoms with E-state index in [-0.39, 0.29) is 42.6 Å². The van der Waals surface area contributed by atoms with E-state index in [0.717, 1.165) is 59.2 Å². The maximum atomic E-state index is 13.1. The Kier molecular flexibility index (Phi) is 14.7. The maximum Gasteiger partial charge on any atom is 0.323 e. The number of nitrogens with two attached hydrogens (primary N) is 1. The standard InChI is InChI=1S/C47H58N4O7/c1-47(2,3)58-45(55)41-15-10-26-51(41)30-38-28-42(35-20-18-32(31-52)19-21-35)57-46(56-38)36-24-22-34(23-25-36)37-12-9-11-33(27-37)29-49-43(53)16-5-4-6-17-44(54)50-40-14-8-7-13-39(40)48/h7-9,11-14,18-25,27,38,41-42,46,52H,4-6,10,15-17,26,28-31,48H2,1-3H3,(H,49,53)(H,50,54)/t38-,41+,42+,46+/m1/s1. The number of hydrogen-bond acceptors (Lipinski definition) is 9. The molecule has 11 heteroatoms. The first-order valence-corrected chi connectivity index (χ1v) is 20.5. The van der Waals surface area contributed by atoms with Crippen molar-refractivity contribution in [2.75, 3.05) is 24.1 Å². The fraction of sp³-hybridized carbons (Fsp3) is 0.426. The summed E-state index contributed by atoms with van der Waals surface area (Å²) in [5.74, 6) is -0.289. The van der Waals surface area contributed by atoms with E-state index in [1.165, 1.54) is 0 Å². The number of hydrogen-bond donors (Lipinski definition) is 4. The minimum absolute atomic E-state index is 0.0187. The van der Waals surface area contributed by atoms with Crippen LogP contribution in [0.2, 0.25) is 0 Å². The van der Waals surface area contributed by atoms with Crippen LogP contribution >= 0.6 is 0 Å². The van der Waals surface area contributed by atoms with Gasteiger partial charge < -0.3 is 35.7 Å². The Morgan fingerprint density at radius 1 is 0.828 bits per heavy atom. The lowest BCUT2D eigenvalue weighted by atomic mass is 9.98. The predicted octanol–water partition coefficient (Wildman–Crippen LogP) is 7.99. The first kappa shape index (κ1) is 42.5. The zero-order valence-corrected chi connectivity index (χ0v) is 34.0. The van der Waals surface area contributed by atoms with Crippen LogP contribution in [-0.4, -0.2) is 58.6 Å². The third-order valence-electron chi connectivity index (χ3n) is 10.6. The lowest BCUT2D eigenvalue weighted by molar-refractivity contribution is -0.253. The van der Waals surface area contributed by atoms with Crippen molar-refractivity contribution >= 4 is 29.2 Å². The molecule has 308 valence electrons. The Morgan fingerprint density at radius 3 is 2.28 bits per heavy atom. The number of esters is 1. The quantitative estimate of drug-likeness (QED) is 0.0503. The van der Waals surface area contributed by atoms with Gasteiger partial charge in [0.1, 0.15) is 11.6 Å². The van der Waals surface area contributed by atoms with E-state index in [2.05, 4.69) is 39.8 Å². The average Bonchev–Trinajstić information content (AvgIpc) is 3.68. The number of amides is 2. The van der Waals surface area contributed by atoms with Crippen molar-refractivity contribution in [2.24, 2.45) is 0 Å². The number of para-hydroxylation sites is 2. The van der Waals surface area contributed by atoms with Crippen LogP contribution in [0.4, 0.5) is 11.4 Å². The minimum atomic E-state index is -0.620. The van der Waals surface area contributed by atoms with Gasteiger partial charge in [0.2, 0.25) is 11.8 Å². The molecule has 2 saturated heterocycles. The van der Waals surface area contributed by atoms with E-state index >= 15 is 0 Å². The van der Waals surface area contributed by atoms with Crippen LogP contribution in [0.1, 0.15) is 107 Å². The second kappa shape index (κ2) is 20.1. The third kappa shape index (κ3) is 12.2. The van der Waals surface area contributed by atoms with Crippen LogP contribution in [0, 0.1) is 0 Å². The number of nitrogens with zero attached hydrogens (tertiary/aromatic N) is 1. The summed E-state index contributed by atoms with van der Waals surface area (Å²) >= 11 is 0. The topological polar surface area (TPSA) is 152 Å². The summed E-state index contributed by atoms with van der Waals surface area (Å²) < 4.78 is 19.0. The molecule has 2 fully saturated rings. The van der Waals surface area contributed by atoms with Crippen LogP contribution in [-0.2, 0) is 41.7 Å². The van der Waals surface area contributed by atoms with Gasteiger partial charge in [0.25, 0.3) is 0 Å². The molecule has 2 aliphatic heterocycles. The summed E-state index contributed by atoms with van der Waals surface area (Å²) in [5.41, 5.74) is 12.3. The van der Waals surface area contributed by atoms with Crippen LogP contribution in [0.5, 0.6) is 0 Å². The molecule has 2 heterocycles. The smallest absolute Gasteiger partial charge is 0.323 e. The number of unbranched alkanes of at least 4 members (excludes halogenated alkanes) is 2. The molecule has 0 aromatic heterocycles. The van der Waals surface area contributed by atoms with E-state index < -0.39 is 11.9 Å². The van der Waals surface area contributed by atoms with Gasteiger partial charge in [-0.15, -0.1) is 0 Å². The Hall–Kier alpha value is -5.07. The fourth-order valence-electron chi connectivity index (χ4n) is 7.53. The van der Waals surface area contributed by atoms with Crippen LogP contribution in [0.15, 0.2) is 97.1 Å². The Balaban J connectivity index is 1.03. The number of aliphatic hydroxyl groups is 1. The zero-order valence-electron chi connectivity index (χ0n) is 34.0. The number of benzene rings is 4. The van der Waals surface area contributed by atoms with Crippen molar-refractivity contribution < 1.29 is 33.7 Å². The molecular weight excluding hydrogens is 733 g/mol. The molecule has 2 aliphatic rings. The highest BCUT2D eigenvalue weighted by molar-refractivity contribution is 5.93. The molecule has 2 amide bonds. The molecule has 0 spiro atoms. The average molecular weight is 791 g/mol. The highest BCUT2D eigenvalue weighted by atomic mass is 16.7. The summed E-state index contributed by atoms with van der Waals surface area (Å²) in [5, 5.41) is 15.5. The Morgan fingerprint density at radius 2 is 1.55 bits per heavy atom. The van der Waals surface area contributed by atoms with Crippen LogP contribution in [0.3, 0.4) is 0 Å². The van der Waals surface area contributed by atoms with Gasteiger partial charge >= 0.3 is 5.97 Å². The largest absolute Gasteiger partial charge is 0.459 e. The lowest BCUT2D eigenvalue weighted by Gasteiger charge is -2.38. The second-order valence-corrected chi connectivity index (χ2v) is 16.3. The highest BCUT2D eigenvalue weighted by Gasteiger charge is 2.39. The number of anilines is 2. The lowest BCUT2D eigenvalue weighted by Crippen LogP contribution is -2.45. The van der Waals surface area contributed by atoms with Gasteiger partial charge in [0.05, 0.1) is 30.2 Å². The van der Waals surface area contributed by atoms with Gasteiger partial charge in [-0.3, -0.25) is 19.3 Å². The molecule has 4 aromatic rings. The molecule has 4 atom stereocenters. The number of nitrogen functional groups attached to an aromatic ring is 1. The molecule has 0 bridgehead atoms. The van der Waals surface area contributed by atoms with Crippen LogP contribution < -0.4 is 16.4 Å². The number of ether oxygens (including phenoxy) is 3. The van der Waals surface area contributed by atoms with Gasteiger partial charge in [0, 0.05) is 37.9 Å². The summed E-state index contributed by atoms with van der Waals surface area (Å²) in [4.78, 5) is 40.2. The van der Waals surface area contributed by atoms with E-state index in [1.807, 2.05) is 81.4 Å². The first-order valence-electron chi connectivity index (χ1n) is 20.5. The third-order valence-corrected chi connectivity index (χ3v) is 10.6. The maximum absolute atomic E-state index is 13.1. The van der Waals surface area contributed by atoms with E-state index in [0.29, 0.717) is 56.6 Å². The number of carbonyl (C=O) groups excluding carboxylic acids is 3. The van der Waals surface area contributed by atoms with Gasteiger partial charge in [-0.1, -0.05) is 85.3 Å². The molecule has 4 aromatic carbocycles. The van der Waals surface area contributed by atoms with Crippen molar-refractivity contribution in [2.45, 2.75) is 115 Å². The molecular formula is C47H58N4O7. The SMILES string of the molecule is CC(C)(C)OC(=O)[C@@H]1CCCN1C[C@H]1C[C@@H](c2ccc(CO)cc2)O[C@@H](c2ccc(-c3cccc(CNC(=O)CCCCCC(=O)Nc4ccccc4N)c3)cc2)O1. The molecule has 0 radical (unpaired) electrons. The normalized spacial score (nSPS) is 19.7. The minimum Gasteiger partial charge on any atom is -0.459 e. The zero-order chi connectivity index (χ0) is 41.1. The highest BCUT2D eigenvalue weighted by Crippen LogP contribution is 2.39. The van der Waals surface area contributed by atoms with Crippen molar-refractivity contribution in [3.8, 4) is 11.1 Å². The van der Waals surface area contributed by atoms with Crippen molar-refractivity contribution in [1.82, 2.24) is 10.2 Å². The number of likely N-dealkylation sites (tertiary alicyclic amines) is 1. The van der Waals surface area contributed by atoms with Crippen molar-refractivity contribution in [3.63, 3.8) is 0 Å². The Labute approximate surface area is 342 Å². The molecule has 0 aliphatic carbocycles. The number of rotatable bonds is 16. The van der Waals surface area contributed by atoms with Gasteiger partial charge in [-0.25, -0.2) is 0 Å². The summed E-state index contributed by atoms with van der Waals surface area (Å²) in [7, 11) is 0. The monoisotopic (exact) mass is 790 g/mol. The summed E-state index contributed by atoms with van der Waals surface area (Å²) in [6.45, 7) is 7.47. The van der Waals surface area contributed by atoms with Gasteiger partial charge in [0.15, 0.2) is 6.29 Å². The first-order chi connectivity index (χ1) is 27.9. The summed E-state index contributed by atoms with van der Waals surface area (Å²) in [6.07, 6.45) is 4.21. The number of nitrogens with one attached hydrogen (secondary N) is 2. The van der Waals surface area contributed by atoms with E-state index in [4.69, 9.17) is 19.9 Å². The molecule has 5 N–H and O–H groups in total.